The molecule has 5 heteroatoms. The van der Waals surface area contributed by atoms with Gasteiger partial charge in [0.05, 0.1) is 5.56 Å². The zero-order chi connectivity index (χ0) is 13.1. The number of halogens is 1. The fourth-order valence-electron chi connectivity index (χ4n) is 1.45. The smallest absolute Gasteiger partial charge is 0.337 e. The molecular weight excluding hydrogens is 253 g/mol. The first-order valence-electron chi connectivity index (χ1n) is 5.12. The van der Waals surface area contributed by atoms with Crippen LogP contribution in [0.3, 0.4) is 0 Å². The van der Waals surface area contributed by atoms with Gasteiger partial charge in [-0.15, -0.1) is 0 Å². The molecule has 0 aliphatic carbocycles. The van der Waals surface area contributed by atoms with Crippen LogP contribution >= 0.6 is 11.8 Å². The van der Waals surface area contributed by atoms with Crippen LogP contribution in [-0.4, -0.2) is 11.1 Å². The molecule has 0 spiro atoms. The van der Waals surface area contributed by atoms with E-state index < -0.39 is 5.97 Å². The van der Waals surface area contributed by atoms with E-state index in [0.29, 0.717) is 9.79 Å². The fourth-order valence-corrected chi connectivity index (χ4v) is 2.35. The molecule has 0 saturated heterocycles. The lowest BCUT2D eigenvalue weighted by Gasteiger charge is -2.05. The molecule has 0 amide bonds. The predicted molar refractivity (Wildman–Crippen MR) is 68.3 cm³/mol. The van der Waals surface area contributed by atoms with Crippen molar-refractivity contribution in [3.05, 3.63) is 53.8 Å². The first-order chi connectivity index (χ1) is 8.56. The number of carbonyl (C=O) groups is 1. The number of carboxylic acid groups (broad SMARTS) is 1. The third kappa shape index (κ3) is 2.81. The molecule has 2 aromatic carbocycles. The van der Waals surface area contributed by atoms with Crippen molar-refractivity contribution in [3.8, 4) is 0 Å². The van der Waals surface area contributed by atoms with Gasteiger partial charge in [-0.1, -0.05) is 17.8 Å². The molecule has 0 fully saturated rings. The summed E-state index contributed by atoms with van der Waals surface area (Å²) in [6, 6.07) is 10.8. The second-order valence-corrected chi connectivity index (χ2v) is 4.76. The van der Waals surface area contributed by atoms with Gasteiger partial charge >= 0.3 is 5.97 Å². The van der Waals surface area contributed by atoms with E-state index in [1.54, 1.807) is 18.2 Å². The van der Waals surface area contributed by atoms with Crippen LogP contribution in [0.15, 0.2) is 52.3 Å². The Labute approximate surface area is 107 Å². The molecule has 18 heavy (non-hydrogen) atoms. The summed E-state index contributed by atoms with van der Waals surface area (Å²) in [6.07, 6.45) is 0. The van der Waals surface area contributed by atoms with Gasteiger partial charge in [0.2, 0.25) is 0 Å². The summed E-state index contributed by atoms with van der Waals surface area (Å²) < 4.78 is 13.0. The van der Waals surface area contributed by atoms with Crippen LogP contribution in [0.25, 0.3) is 0 Å². The van der Waals surface area contributed by atoms with Crippen molar-refractivity contribution in [1.29, 1.82) is 0 Å². The summed E-state index contributed by atoms with van der Waals surface area (Å²) in [7, 11) is 0. The SMILES string of the molecule is Nc1ccc(Sc2cccc(F)c2)cc1C(=O)O. The fraction of sp³-hybridized carbons (Fsp3) is 0. The summed E-state index contributed by atoms with van der Waals surface area (Å²) in [5, 5.41) is 8.95. The van der Waals surface area contributed by atoms with Crippen molar-refractivity contribution in [2.24, 2.45) is 0 Å². The number of nitrogen functional groups attached to an aromatic ring is 1. The summed E-state index contributed by atoms with van der Waals surface area (Å²) in [6.45, 7) is 0. The molecule has 0 atom stereocenters. The quantitative estimate of drug-likeness (QED) is 0.834. The van der Waals surface area contributed by atoms with E-state index in [4.69, 9.17) is 10.8 Å². The Morgan fingerprint density at radius 2 is 1.89 bits per heavy atom. The number of nitrogens with two attached hydrogens (primary N) is 1. The van der Waals surface area contributed by atoms with Gasteiger partial charge in [-0.2, -0.15) is 0 Å². The molecule has 3 nitrogen and oxygen atoms in total. The molecule has 3 N–H and O–H groups in total. The number of anilines is 1. The largest absolute Gasteiger partial charge is 0.478 e. The lowest BCUT2D eigenvalue weighted by Crippen LogP contribution is -2.01. The Morgan fingerprint density at radius 3 is 2.56 bits per heavy atom. The van der Waals surface area contributed by atoms with Crippen molar-refractivity contribution in [2.45, 2.75) is 9.79 Å². The van der Waals surface area contributed by atoms with Gasteiger partial charge in [0.1, 0.15) is 5.82 Å². The normalized spacial score (nSPS) is 10.3. The molecule has 0 bridgehead atoms. The van der Waals surface area contributed by atoms with E-state index in [-0.39, 0.29) is 17.1 Å². The van der Waals surface area contributed by atoms with Crippen LogP contribution in [-0.2, 0) is 0 Å². The Kier molecular flexibility index (Phi) is 3.53. The van der Waals surface area contributed by atoms with E-state index in [0.717, 1.165) is 0 Å². The number of aromatic carboxylic acids is 1. The van der Waals surface area contributed by atoms with Gasteiger partial charge in [-0.3, -0.25) is 0 Å². The molecule has 0 radical (unpaired) electrons. The topological polar surface area (TPSA) is 63.3 Å². The molecule has 0 heterocycles. The highest BCUT2D eigenvalue weighted by atomic mass is 32.2. The molecule has 0 aromatic heterocycles. The van der Waals surface area contributed by atoms with E-state index in [9.17, 15) is 9.18 Å². The highest BCUT2D eigenvalue weighted by molar-refractivity contribution is 7.99. The van der Waals surface area contributed by atoms with Gasteiger partial charge in [0, 0.05) is 15.5 Å². The monoisotopic (exact) mass is 263 g/mol. The Bertz CT molecular complexity index is 601. The minimum absolute atomic E-state index is 0.0522. The average molecular weight is 263 g/mol. The second-order valence-electron chi connectivity index (χ2n) is 3.61. The van der Waals surface area contributed by atoms with E-state index >= 15 is 0 Å². The van der Waals surface area contributed by atoms with Crippen molar-refractivity contribution >= 4 is 23.4 Å². The summed E-state index contributed by atoms with van der Waals surface area (Å²) in [4.78, 5) is 12.3. The minimum Gasteiger partial charge on any atom is -0.478 e. The maximum absolute atomic E-state index is 13.0. The number of benzene rings is 2. The third-order valence-corrected chi connectivity index (χ3v) is 3.27. The molecule has 92 valence electrons. The van der Waals surface area contributed by atoms with E-state index in [1.807, 2.05) is 0 Å². The Balaban J connectivity index is 2.30. The molecule has 0 saturated carbocycles. The van der Waals surface area contributed by atoms with Gasteiger partial charge in [0.25, 0.3) is 0 Å². The lowest BCUT2D eigenvalue weighted by atomic mass is 10.2. The van der Waals surface area contributed by atoms with Gasteiger partial charge < -0.3 is 10.8 Å². The molecule has 2 rings (SSSR count). The van der Waals surface area contributed by atoms with Crippen LogP contribution in [0.1, 0.15) is 10.4 Å². The van der Waals surface area contributed by atoms with Crippen molar-refractivity contribution < 1.29 is 14.3 Å². The second kappa shape index (κ2) is 5.10. The number of carboxylic acids is 1. The summed E-state index contributed by atoms with van der Waals surface area (Å²) in [5.74, 6) is -1.40. The highest BCUT2D eigenvalue weighted by Crippen LogP contribution is 2.30. The summed E-state index contributed by atoms with van der Waals surface area (Å²) in [5.41, 5.74) is 5.82. The molecule has 0 aliphatic heterocycles. The highest BCUT2D eigenvalue weighted by Gasteiger charge is 2.09. The third-order valence-electron chi connectivity index (χ3n) is 2.29. The lowest BCUT2D eigenvalue weighted by molar-refractivity contribution is 0.0698. The molecular formula is C13H10FNO2S. The maximum atomic E-state index is 13.0. The molecule has 0 aliphatic rings. The van der Waals surface area contributed by atoms with Crippen molar-refractivity contribution in [1.82, 2.24) is 0 Å². The van der Waals surface area contributed by atoms with Crippen LogP contribution < -0.4 is 5.73 Å². The standard InChI is InChI=1S/C13H10FNO2S/c14-8-2-1-3-9(6-8)18-10-4-5-12(15)11(7-10)13(16)17/h1-7H,15H2,(H,16,17). The number of hydrogen-bond donors (Lipinski definition) is 2. The van der Waals surface area contributed by atoms with Crippen LogP contribution in [0, 0.1) is 5.82 Å². The Morgan fingerprint density at radius 1 is 1.17 bits per heavy atom. The zero-order valence-electron chi connectivity index (χ0n) is 9.26. The maximum Gasteiger partial charge on any atom is 0.337 e. The summed E-state index contributed by atoms with van der Waals surface area (Å²) >= 11 is 1.28. The van der Waals surface area contributed by atoms with Crippen LogP contribution in [0.2, 0.25) is 0 Å². The molecule has 0 unspecified atom stereocenters. The molecule has 2 aromatic rings. The van der Waals surface area contributed by atoms with Crippen LogP contribution in [0.4, 0.5) is 10.1 Å². The van der Waals surface area contributed by atoms with E-state index in [1.165, 1.54) is 36.0 Å². The average Bonchev–Trinajstić information content (AvgIpc) is 2.31. The Hall–Kier alpha value is -2.01. The van der Waals surface area contributed by atoms with E-state index in [2.05, 4.69) is 0 Å². The predicted octanol–water partition coefficient (Wildman–Crippen LogP) is 3.26. The van der Waals surface area contributed by atoms with Crippen LogP contribution in [0.5, 0.6) is 0 Å². The van der Waals surface area contributed by atoms with Gasteiger partial charge in [-0.05, 0) is 36.4 Å². The first kappa shape index (κ1) is 12.4. The number of rotatable bonds is 3. The van der Waals surface area contributed by atoms with Gasteiger partial charge in [0.15, 0.2) is 0 Å². The zero-order valence-corrected chi connectivity index (χ0v) is 10.1. The van der Waals surface area contributed by atoms with Gasteiger partial charge in [-0.25, -0.2) is 9.18 Å². The van der Waals surface area contributed by atoms with Crippen molar-refractivity contribution in [2.75, 3.05) is 5.73 Å². The van der Waals surface area contributed by atoms with Crippen molar-refractivity contribution in [3.63, 3.8) is 0 Å². The number of hydrogen-bond acceptors (Lipinski definition) is 3. The first-order valence-corrected chi connectivity index (χ1v) is 5.94. The minimum atomic E-state index is -1.07.